The highest BCUT2D eigenvalue weighted by Crippen LogP contribution is 2.65. The maximum Gasteiger partial charge on any atom is 0.471 e. The summed E-state index contributed by atoms with van der Waals surface area (Å²) in [6.07, 6.45) is -3.98. The molecule has 0 aromatic rings. The second-order valence-corrected chi connectivity index (χ2v) is 10.9. The van der Waals surface area contributed by atoms with E-state index in [-0.39, 0.29) is 36.1 Å². The van der Waals surface area contributed by atoms with Gasteiger partial charge in [0.2, 0.25) is 17.7 Å². The quantitative estimate of drug-likeness (QED) is 0.437. The number of fused-ring (bicyclic) bond motifs is 1. The molecule has 4 amide bonds. The maximum absolute atomic E-state index is 14.8. The Kier molecular flexibility index (Phi) is 7.32. The van der Waals surface area contributed by atoms with E-state index >= 15 is 0 Å². The van der Waals surface area contributed by atoms with Crippen molar-refractivity contribution in [1.29, 1.82) is 5.26 Å². The van der Waals surface area contributed by atoms with Gasteiger partial charge in [0, 0.05) is 19.0 Å². The predicted octanol–water partition coefficient (Wildman–Crippen LogP) is 1.19. The average Bonchev–Trinajstić information content (AvgIpc) is 3.09. The van der Waals surface area contributed by atoms with Crippen LogP contribution in [0.2, 0.25) is 0 Å². The van der Waals surface area contributed by atoms with Gasteiger partial charge in [0.1, 0.15) is 23.8 Å². The van der Waals surface area contributed by atoms with Crippen molar-refractivity contribution in [2.24, 2.45) is 23.2 Å². The number of nitriles is 1. The molecule has 0 unspecified atom stereocenters. The zero-order chi connectivity index (χ0) is 27.2. The van der Waals surface area contributed by atoms with Crippen LogP contribution in [0.3, 0.4) is 0 Å². The monoisotopic (exact) mass is 517 g/mol. The highest BCUT2D eigenvalue weighted by molar-refractivity contribution is 5.95. The first-order valence-electron chi connectivity index (χ1n) is 11.8. The van der Waals surface area contributed by atoms with Crippen LogP contribution in [0.15, 0.2) is 0 Å². The van der Waals surface area contributed by atoms with Gasteiger partial charge < -0.3 is 20.9 Å². The molecule has 0 spiro atoms. The number of rotatable bonds is 7. The van der Waals surface area contributed by atoms with E-state index in [0.29, 0.717) is 13.0 Å². The molecule has 36 heavy (non-hydrogen) atoms. The Morgan fingerprint density at radius 1 is 1.22 bits per heavy atom. The van der Waals surface area contributed by atoms with Gasteiger partial charge in [-0.25, -0.2) is 4.39 Å². The third-order valence-electron chi connectivity index (χ3n) is 7.62. The Hall–Kier alpha value is -2.91. The van der Waals surface area contributed by atoms with Crippen LogP contribution in [-0.4, -0.2) is 71.6 Å². The molecular formula is C23H31F4N5O4. The smallest absolute Gasteiger partial charge is 0.356 e. The Labute approximate surface area is 206 Å². The van der Waals surface area contributed by atoms with Crippen molar-refractivity contribution < 1.29 is 36.7 Å². The fourth-order valence-corrected chi connectivity index (χ4v) is 5.46. The summed E-state index contributed by atoms with van der Waals surface area (Å²) in [4.78, 5) is 51.2. The number of piperidine rings is 2. The van der Waals surface area contributed by atoms with Gasteiger partial charge in [-0.15, -0.1) is 0 Å². The van der Waals surface area contributed by atoms with Crippen LogP contribution in [0.4, 0.5) is 17.6 Å². The topological polar surface area (TPSA) is 131 Å². The van der Waals surface area contributed by atoms with E-state index in [1.165, 1.54) is 5.32 Å². The summed E-state index contributed by atoms with van der Waals surface area (Å²) in [5.41, 5.74) is -2.93. The number of carbonyl (C=O) groups is 4. The maximum atomic E-state index is 14.8. The average molecular weight is 518 g/mol. The Balaban J connectivity index is 1.80. The largest absolute Gasteiger partial charge is 0.471 e. The Morgan fingerprint density at radius 2 is 1.86 bits per heavy atom. The summed E-state index contributed by atoms with van der Waals surface area (Å²) >= 11 is 0. The molecular weight excluding hydrogens is 486 g/mol. The lowest BCUT2D eigenvalue weighted by atomic mass is 9.91. The molecule has 6 atom stereocenters. The zero-order valence-corrected chi connectivity index (χ0v) is 20.5. The van der Waals surface area contributed by atoms with Gasteiger partial charge in [-0.3, -0.25) is 19.2 Å². The van der Waals surface area contributed by atoms with E-state index in [0.717, 1.165) is 25.2 Å². The second-order valence-electron chi connectivity index (χ2n) is 10.9. The molecule has 0 aromatic heterocycles. The third kappa shape index (κ3) is 5.42. The second kappa shape index (κ2) is 9.52. The first-order valence-corrected chi connectivity index (χ1v) is 11.8. The summed E-state index contributed by atoms with van der Waals surface area (Å²) in [6.45, 7) is 6.01. The van der Waals surface area contributed by atoms with Crippen LogP contribution in [0.1, 0.15) is 47.0 Å². The van der Waals surface area contributed by atoms with E-state index in [1.54, 1.807) is 0 Å². The molecule has 2 saturated heterocycles. The van der Waals surface area contributed by atoms with Gasteiger partial charge in [0.25, 0.3) is 0 Å². The van der Waals surface area contributed by atoms with E-state index in [2.05, 4.69) is 10.6 Å². The molecule has 3 rings (SSSR count). The van der Waals surface area contributed by atoms with Crippen molar-refractivity contribution in [3.63, 3.8) is 0 Å². The molecule has 9 nitrogen and oxygen atoms in total. The standard InChI is InChI=1S/C23H31F4N5O4/c1-21(2)13-10-32(19(35)16(22(3,4)24)31-20(36)23(25,26)27)15(14(13)21)18(34)30-12(9-28)8-11-6-5-7-29-17(11)33/h11-16H,5-8,10H2,1-4H3,(H,29,33)(H,30,34)(H,31,36)/t11-,12-,13-,14-,15-,16+/m0/s1. The first kappa shape index (κ1) is 27.7. The van der Waals surface area contributed by atoms with E-state index < -0.39 is 53.6 Å². The molecule has 1 aliphatic carbocycles. The van der Waals surface area contributed by atoms with Gasteiger partial charge in [-0.1, -0.05) is 13.8 Å². The number of nitrogens with zero attached hydrogens (tertiary/aromatic N) is 2. The van der Waals surface area contributed by atoms with Crippen molar-refractivity contribution in [3.05, 3.63) is 0 Å². The number of amides is 4. The molecule has 13 heteroatoms. The minimum atomic E-state index is -5.33. The molecule has 3 N–H and O–H groups in total. The van der Waals surface area contributed by atoms with Gasteiger partial charge in [-0.2, -0.15) is 18.4 Å². The van der Waals surface area contributed by atoms with E-state index in [4.69, 9.17) is 0 Å². The Bertz CT molecular complexity index is 971. The highest BCUT2D eigenvalue weighted by atomic mass is 19.4. The SMILES string of the molecule is CC(C)(F)[C@H](NC(=O)C(F)(F)F)C(=O)N1C[C@H]2[C@@H]([C@H]1C(=O)N[C@H](C#N)C[C@@H]1CCCNC1=O)C2(C)C. The highest BCUT2D eigenvalue weighted by Gasteiger charge is 2.70. The van der Waals surface area contributed by atoms with Crippen LogP contribution < -0.4 is 16.0 Å². The number of halogens is 4. The molecule has 200 valence electrons. The summed E-state index contributed by atoms with van der Waals surface area (Å²) in [5.74, 6) is -5.53. The molecule has 0 aromatic carbocycles. The van der Waals surface area contributed by atoms with Crippen LogP contribution in [0, 0.1) is 34.5 Å². The fraction of sp³-hybridized carbons (Fsp3) is 0.783. The van der Waals surface area contributed by atoms with Gasteiger partial charge in [-0.05, 0) is 50.4 Å². The van der Waals surface area contributed by atoms with Crippen molar-refractivity contribution in [2.45, 2.75) is 76.9 Å². The summed E-state index contributed by atoms with van der Waals surface area (Å²) in [6, 6.07) is -2.44. The number of alkyl halides is 4. The van der Waals surface area contributed by atoms with Crippen molar-refractivity contribution in [2.75, 3.05) is 13.1 Å². The van der Waals surface area contributed by atoms with Gasteiger partial charge in [0.05, 0.1) is 6.07 Å². The van der Waals surface area contributed by atoms with Crippen molar-refractivity contribution in [3.8, 4) is 6.07 Å². The summed E-state index contributed by atoms with van der Waals surface area (Å²) in [5, 5.41) is 16.3. The fourth-order valence-electron chi connectivity index (χ4n) is 5.46. The minimum Gasteiger partial charge on any atom is -0.356 e. The molecule has 3 aliphatic rings. The lowest BCUT2D eigenvalue weighted by molar-refractivity contribution is -0.176. The molecule has 1 saturated carbocycles. The van der Waals surface area contributed by atoms with Crippen LogP contribution >= 0.6 is 0 Å². The first-order chi connectivity index (χ1) is 16.5. The molecule has 0 radical (unpaired) electrons. The van der Waals surface area contributed by atoms with Crippen LogP contribution in [0.5, 0.6) is 0 Å². The van der Waals surface area contributed by atoms with Crippen LogP contribution in [0.25, 0.3) is 0 Å². The number of hydrogen-bond donors (Lipinski definition) is 3. The van der Waals surface area contributed by atoms with E-state index in [1.807, 2.05) is 19.9 Å². The molecule has 2 heterocycles. The third-order valence-corrected chi connectivity index (χ3v) is 7.62. The molecule has 0 bridgehead atoms. The number of nitrogens with one attached hydrogen (secondary N) is 3. The lowest BCUT2D eigenvalue weighted by Gasteiger charge is -2.36. The zero-order valence-electron chi connectivity index (χ0n) is 20.5. The van der Waals surface area contributed by atoms with E-state index in [9.17, 15) is 42.0 Å². The Morgan fingerprint density at radius 3 is 2.39 bits per heavy atom. The number of likely N-dealkylation sites (tertiary alicyclic amines) is 1. The number of carbonyl (C=O) groups excluding carboxylic acids is 4. The molecule has 3 fully saturated rings. The van der Waals surface area contributed by atoms with Gasteiger partial charge >= 0.3 is 12.1 Å². The number of hydrogen-bond acceptors (Lipinski definition) is 5. The lowest BCUT2D eigenvalue weighted by Crippen LogP contribution is -2.62. The summed E-state index contributed by atoms with van der Waals surface area (Å²) < 4.78 is 53.3. The van der Waals surface area contributed by atoms with Crippen molar-refractivity contribution in [1.82, 2.24) is 20.9 Å². The predicted molar refractivity (Wildman–Crippen MR) is 117 cm³/mol. The van der Waals surface area contributed by atoms with Crippen LogP contribution in [-0.2, 0) is 19.2 Å². The summed E-state index contributed by atoms with van der Waals surface area (Å²) in [7, 11) is 0. The van der Waals surface area contributed by atoms with Crippen molar-refractivity contribution >= 4 is 23.6 Å². The normalized spacial score (nSPS) is 28.8. The molecule has 2 aliphatic heterocycles. The minimum absolute atomic E-state index is 0.00862. The van der Waals surface area contributed by atoms with Gasteiger partial charge in [0.15, 0.2) is 0 Å².